The Balaban J connectivity index is 1.53. The van der Waals surface area contributed by atoms with Gasteiger partial charge in [-0.05, 0) is 109 Å². The molecule has 0 amide bonds. The predicted molar refractivity (Wildman–Crippen MR) is 152 cm³/mol. The molecule has 2 aromatic heterocycles. The van der Waals surface area contributed by atoms with Crippen LogP contribution in [0.1, 0.15) is 81.4 Å². The average Bonchev–Trinajstić information content (AvgIpc) is 3.35. The van der Waals surface area contributed by atoms with Gasteiger partial charge in [-0.3, -0.25) is 4.98 Å². The van der Waals surface area contributed by atoms with Crippen molar-refractivity contribution < 1.29 is 18.1 Å². The molecular formula is C34H35NO. The minimum atomic E-state index is -2.59. The molecule has 2 heteroatoms. The van der Waals surface area contributed by atoms with Crippen LogP contribution in [0.25, 0.3) is 44.3 Å². The number of pyridine rings is 1. The van der Waals surface area contributed by atoms with E-state index < -0.39 is 26.4 Å². The van der Waals surface area contributed by atoms with Gasteiger partial charge < -0.3 is 4.42 Å². The zero-order valence-corrected chi connectivity index (χ0v) is 20.5. The van der Waals surface area contributed by atoms with E-state index >= 15 is 0 Å². The van der Waals surface area contributed by atoms with Gasteiger partial charge in [-0.25, -0.2) is 0 Å². The molecule has 1 aliphatic carbocycles. The monoisotopic (exact) mass is 483 g/mol. The number of hydrogen-bond donors (Lipinski definition) is 0. The summed E-state index contributed by atoms with van der Waals surface area (Å²) >= 11 is 0. The molecule has 1 fully saturated rings. The highest BCUT2D eigenvalue weighted by molar-refractivity contribution is 6.09. The fourth-order valence-corrected chi connectivity index (χ4v) is 5.34. The van der Waals surface area contributed by atoms with E-state index in [1.165, 1.54) is 12.3 Å². The smallest absolute Gasteiger partial charge is 0.144 e. The summed E-state index contributed by atoms with van der Waals surface area (Å²) in [6, 6.07) is 16.8. The lowest BCUT2D eigenvalue weighted by molar-refractivity contribution is 0.224. The van der Waals surface area contributed by atoms with Crippen LogP contribution in [0.4, 0.5) is 0 Å². The first-order chi connectivity index (χ1) is 21.3. The van der Waals surface area contributed by atoms with Crippen LogP contribution in [0.3, 0.4) is 0 Å². The third-order valence-corrected chi connectivity index (χ3v) is 7.60. The fraction of sp³-hybridized carbons (Fsp3) is 0.324. The van der Waals surface area contributed by atoms with E-state index in [4.69, 9.17) is 16.8 Å². The van der Waals surface area contributed by atoms with Crippen LogP contribution in [0, 0.1) is 26.0 Å². The third kappa shape index (κ3) is 4.03. The molecule has 36 heavy (non-hydrogen) atoms. The van der Waals surface area contributed by atoms with Gasteiger partial charge in [-0.1, -0.05) is 56.3 Å². The number of hydrogen-bond acceptors (Lipinski definition) is 2. The van der Waals surface area contributed by atoms with Gasteiger partial charge in [0, 0.05) is 36.2 Å². The SMILES string of the molecule is [2H]C([2H])([2H])c1ccc2c(c1)oc1c(-c3cc(-c4ccc(C5([2H])CCC(C)(C)CC5)cc4C([2H])([2H])[2H])c(C([2H])([2H])[2H])cn3)cccc12. The second-order valence-electron chi connectivity index (χ2n) is 10.6. The van der Waals surface area contributed by atoms with E-state index in [0.717, 1.165) is 23.6 Å². The normalized spacial score (nSPS) is 22.2. The Bertz CT molecular complexity index is 1950. The maximum atomic E-state index is 9.25. The van der Waals surface area contributed by atoms with E-state index in [1.54, 1.807) is 42.5 Å². The number of furan rings is 1. The Morgan fingerprint density at radius 2 is 1.72 bits per heavy atom. The summed E-state index contributed by atoms with van der Waals surface area (Å²) < 4.78 is 88.9. The zero-order valence-electron chi connectivity index (χ0n) is 30.5. The summed E-state index contributed by atoms with van der Waals surface area (Å²) in [5.74, 6) is -0.930. The Morgan fingerprint density at radius 3 is 2.53 bits per heavy atom. The lowest BCUT2D eigenvalue weighted by atomic mass is 9.71. The fourth-order valence-electron chi connectivity index (χ4n) is 5.34. The number of nitrogens with zero attached hydrogens (tertiary/aromatic N) is 1. The molecule has 0 unspecified atom stereocenters. The Kier molecular flexibility index (Phi) is 3.44. The molecule has 0 N–H and O–H groups in total. The lowest BCUT2D eigenvalue weighted by Crippen LogP contribution is -2.20. The molecule has 1 saturated carbocycles. The number of para-hydroxylation sites is 1. The molecule has 0 saturated heterocycles. The molecule has 182 valence electrons. The molecule has 2 nitrogen and oxygen atoms in total. The molecule has 5 aromatic rings. The van der Waals surface area contributed by atoms with Crippen LogP contribution in [0.2, 0.25) is 0 Å². The van der Waals surface area contributed by atoms with Crippen molar-refractivity contribution >= 4 is 21.9 Å². The first-order valence-electron chi connectivity index (χ1n) is 17.4. The standard InChI is InChI=1S/C34H35NO/c1-21-9-11-27-28-7-6-8-29(33(28)36-32(27)17-21)31-19-30(23(3)20-35-31)26-12-10-25(18-22(26)2)24-13-15-34(4,5)16-14-24/h6-12,17-20,24H,13-16H2,1-5H3/i1D3,2D3,3D3,24D. The van der Waals surface area contributed by atoms with Crippen molar-refractivity contribution in [2.75, 3.05) is 0 Å². The van der Waals surface area contributed by atoms with Crippen LogP contribution < -0.4 is 0 Å². The molecule has 2 heterocycles. The number of benzene rings is 3. The van der Waals surface area contributed by atoms with Gasteiger partial charge in [0.2, 0.25) is 0 Å². The summed E-state index contributed by atoms with van der Waals surface area (Å²) in [7, 11) is 0. The van der Waals surface area contributed by atoms with Crippen molar-refractivity contribution in [3.05, 3.63) is 89.1 Å². The van der Waals surface area contributed by atoms with E-state index in [9.17, 15) is 1.37 Å². The van der Waals surface area contributed by atoms with Crippen molar-refractivity contribution in [3.8, 4) is 22.4 Å². The van der Waals surface area contributed by atoms with Crippen molar-refractivity contribution in [1.82, 2.24) is 4.98 Å². The van der Waals surface area contributed by atoms with Crippen LogP contribution >= 0.6 is 0 Å². The molecule has 1 aliphatic rings. The van der Waals surface area contributed by atoms with E-state index in [0.29, 0.717) is 40.8 Å². The summed E-state index contributed by atoms with van der Waals surface area (Å²) in [4.78, 5) is 4.51. The van der Waals surface area contributed by atoms with Crippen molar-refractivity contribution in [2.45, 2.75) is 66.0 Å². The zero-order chi connectivity index (χ0) is 33.4. The van der Waals surface area contributed by atoms with E-state index in [1.807, 2.05) is 12.1 Å². The Labute approximate surface area is 228 Å². The summed E-state index contributed by atoms with van der Waals surface area (Å²) in [6.45, 7) is -3.11. The molecule has 0 bridgehead atoms. The second kappa shape index (κ2) is 8.62. The first kappa shape index (κ1) is 14.4. The van der Waals surface area contributed by atoms with Gasteiger partial charge in [0.1, 0.15) is 11.2 Å². The summed E-state index contributed by atoms with van der Waals surface area (Å²) in [5, 5.41) is 1.46. The number of rotatable bonds is 3. The summed E-state index contributed by atoms with van der Waals surface area (Å²) in [5.41, 5.74) is 3.01. The van der Waals surface area contributed by atoms with Gasteiger partial charge >= 0.3 is 0 Å². The largest absolute Gasteiger partial charge is 0.455 e. The van der Waals surface area contributed by atoms with Crippen molar-refractivity contribution in [1.29, 1.82) is 0 Å². The molecular weight excluding hydrogens is 438 g/mol. The predicted octanol–water partition coefficient (Wildman–Crippen LogP) is 9.92. The highest BCUT2D eigenvalue weighted by Gasteiger charge is 2.27. The lowest BCUT2D eigenvalue weighted by Gasteiger charge is -2.34. The number of fused-ring (bicyclic) bond motifs is 3. The molecule has 3 aromatic carbocycles. The van der Waals surface area contributed by atoms with Crippen LogP contribution in [-0.4, -0.2) is 4.98 Å². The average molecular weight is 484 g/mol. The van der Waals surface area contributed by atoms with Gasteiger partial charge in [-0.15, -0.1) is 0 Å². The Morgan fingerprint density at radius 1 is 0.861 bits per heavy atom. The number of aromatic nitrogens is 1. The van der Waals surface area contributed by atoms with Crippen LogP contribution in [0.5, 0.6) is 0 Å². The number of aryl methyl sites for hydroxylation is 3. The van der Waals surface area contributed by atoms with Gasteiger partial charge in [-0.2, -0.15) is 0 Å². The van der Waals surface area contributed by atoms with Crippen LogP contribution in [0.15, 0.2) is 71.3 Å². The van der Waals surface area contributed by atoms with Gasteiger partial charge in [0.05, 0.1) is 5.69 Å². The van der Waals surface area contributed by atoms with E-state index in [-0.39, 0.29) is 33.2 Å². The highest BCUT2D eigenvalue weighted by Crippen LogP contribution is 2.43. The molecule has 0 radical (unpaired) electrons. The molecule has 0 atom stereocenters. The summed E-state index contributed by atoms with van der Waals surface area (Å²) in [6.07, 6.45) is 4.18. The second-order valence-corrected chi connectivity index (χ2v) is 10.6. The maximum absolute atomic E-state index is 9.25. The minimum Gasteiger partial charge on any atom is -0.455 e. The maximum Gasteiger partial charge on any atom is 0.144 e. The first-order valence-corrected chi connectivity index (χ1v) is 12.4. The van der Waals surface area contributed by atoms with Gasteiger partial charge in [0.25, 0.3) is 0 Å². The van der Waals surface area contributed by atoms with Gasteiger partial charge in [0.15, 0.2) is 0 Å². The van der Waals surface area contributed by atoms with E-state index in [2.05, 4.69) is 18.8 Å². The van der Waals surface area contributed by atoms with Crippen molar-refractivity contribution in [3.63, 3.8) is 0 Å². The third-order valence-electron chi connectivity index (χ3n) is 7.60. The minimum absolute atomic E-state index is 0.0109. The molecule has 6 rings (SSSR count). The topological polar surface area (TPSA) is 26.0 Å². The molecule has 0 spiro atoms. The van der Waals surface area contributed by atoms with Crippen molar-refractivity contribution in [2.24, 2.45) is 5.41 Å². The molecule has 0 aliphatic heterocycles. The van der Waals surface area contributed by atoms with Crippen LogP contribution in [-0.2, 0) is 0 Å². The quantitative estimate of drug-likeness (QED) is 0.255. The highest BCUT2D eigenvalue weighted by atomic mass is 16.3. The Hall–Kier alpha value is -3.39.